The van der Waals surface area contributed by atoms with E-state index in [0.717, 1.165) is 49.8 Å². The van der Waals surface area contributed by atoms with Crippen LogP contribution in [0.25, 0.3) is 0 Å². The van der Waals surface area contributed by atoms with Crippen LogP contribution in [-0.4, -0.2) is 5.78 Å². The molecule has 7 unspecified atom stereocenters. The zero-order chi connectivity index (χ0) is 28.3. The fraction of sp³-hybridized carbons (Fsp3) is 0.694. The quantitative estimate of drug-likeness (QED) is 0.270. The highest BCUT2D eigenvalue weighted by atomic mass is 16.1. The van der Waals surface area contributed by atoms with Gasteiger partial charge in [0.05, 0.1) is 0 Å². The number of carbonyl (C=O) groups is 1. The van der Waals surface area contributed by atoms with E-state index >= 15 is 0 Å². The number of hydrogen-bond donors (Lipinski definition) is 1. The lowest BCUT2D eigenvalue weighted by molar-refractivity contribution is -0.147. The van der Waals surface area contributed by atoms with Gasteiger partial charge in [0.25, 0.3) is 0 Å². The molecule has 0 spiro atoms. The zero-order valence-electron chi connectivity index (χ0n) is 25.6. The van der Waals surface area contributed by atoms with Crippen molar-refractivity contribution in [3.05, 3.63) is 60.9 Å². The number of hydrogen-bond acceptors (Lipinski definition) is 2. The predicted molar refractivity (Wildman–Crippen MR) is 162 cm³/mol. The summed E-state index contributed by atoms with van der Waals surface area (Å²) in [5.41, 5.74) is 9.97. The Bertz CT molecular complexity index is 1070. The molecule has 2 nitrogen and oxygen atoms in total. The molecule has 4 aliphatic carbocycles. The maximum atomic E-state index is 14.4. The smallest absolute Gasteiger partial charge is 0.159 e. The number of ketones is 1. The second kappa shape index (κ2) is 9.67. The molecule has 0 bridgehead atoms. The molecule has 0 heterocycles. The molecule has 0 saturated heterocycles. The van der Waals surface area contributed by atoms with Crippen molar-refractivity contribution in [2.24, 2.45) is 56.5 Å². The van der Waals surface area contributed by atoms with Crippen molar-refractivity contribution in [1.29, 1.82) is 0 Å². The normalized spacial score (nSPS) is 40.8. The third-order valence-electron chi connectivity index (χ3n) is 12.2. The van der Waals surface area contributed by atoms with Gasteiger partial charge >= 0.3 is 0 Å². The van der Waals surface area contributed by atoms with Crippen molar-refractivity contribution in [3.8, 4) is 0 Å². The van der Waals surface area contributed by atoms with Crippen LogP contribution >= 0.6 is 0 Å². The van der Waals surface area contributed by atoms with E-state index in [1.165, 1.54) is 24.8 Å². The van der Waals surface area contributed by atoms with Gasteiger partial charge in [0.15, 0.2) is 5.78 Å². The van der Waals surface area contributed by atoms with Crippen molar-refractivity contribution in [2.45, 2.75) is 106 Å². The molecule has 0 aliphatic heterocycles. The topological polar surface area (TPSA) is 43.1 Å². The summed E-state index contributed by atoms with van der Waals surface area (Å²) in [4.78, 5) is 14.4. The minimum atomic E-state index is -0.258. The van der Waals surface area contributed by atoms with E-state index in [1.807, 2.05) is 13.0 Å². The van der Waals surface area contributed by atoms with Crippen LogP contribution in [-0.2, 0) is 4.79 Å². The number of allylic oxidation sites excluding steroid dienone is 7. The molecule has 0 radical (unpaired) electrons. The van der Waals surface area contributed by atoms with Crippen LogP contribution in [0.15, 0.2) is 60.9 Å². The zero-order valence-corrected chi connectivity index (χ0v) is 25.6. The van der Waals surface area contributed by atoms with Gasteiger partial charge in [0.2, 0.25) is 0 Å². The molecule has 0 aromatic rings. The maximum absolute atomic E-state index is 14.4. The van der Waals surface area contributed by atoms with Crippen molar-refractivity contribution >= 4 is 5.78 Å². The molecule has 3 saturated carbocycles. The fourth-order valence-corrected chi connectivity index (χ4v) is 10.0. The maximum Gasteiger partial charge on any atom is 0.159 e. The molecule has 4 aliphatic rings. The molecule has 2 heteroatoms. The monoisotopic (exact) mass is 517 g/mol. The number of nitrogens with two attached hydrogens (primary N) is 1. The van der Waals surface area contributed by atoms with Gasteiger partial charge in [-0.15, -0.1) is 6.58 Å². The lowest BCUT2D eigenvalue weighted by Crippen LogP contribution is -2.59. The summed E-state index contributed by atoms with van der Waals surface area (Å²) in [7, 11) is 0. The molecule has 210 valence electrons. The first kappa shape index (κ1) is 29.2. The van der Waals surface area contributed by atoms with Gasteiger partial charge in [0, 0.05) is 17.0 Å². The van der Waals surface area contributed by atoms with Crippen LogP contribution < -0.4 is 5.73 Å². The van der Waals surface area contributed by atoms with Gasteiger partial charge in [-0.3, -0.25) is 4.79 Å². The summed E-state index contributed by atoms with van der Waals surface area (Å²) in [6.07, 6.45) is 18.9. The molecule has 7 atom stereocenters. The Kier molecular flexibility index (Phi) is 7.42. The second-order valence-electron chi connectivity index (χ2n) is 15.5. The minimum absolute atomic E-state index is 0.0193. The SMILES string of the molecule is C=CC(=C)CCC12CCC3C(C(=O)C=C4C(C)(/C=C(\C)N)C(C(C)(C)C=C)CCC43C)C1CC(C)(C)CC2. The third kappa shape index (κ3) is 4.62. The molecule has 0 aromatic heterocycles. The number of fused-ring (bicyclic) bond motifs is 5. The summed E-state index contributed by atoms with van der Waals surface area (Å²) >= 11 is 0. The van der Waals surface area contributed by atoms with E-state index in [-0.39, 0.29) is 33.0 Å². The van der Waals surface area contributed by atoms with Crippen molar-refractivity contribution < 1.29 is 4.79 Å². The summed E-state index contributed by atoms with van der Waals surface area (Å²) in [6.45, 7) is 28.7. The molecule has 4 rings (SSSR count). The fourth-order valence-electron chi connectivity index (χ4n) is 10.0. The standard InChI is InChI=1S/C36H55NO/c1-11-24(3)13-17-36-18-14-26-31(27(36)23-32(5,6)19-20-36)28(38)21-30-34(26,9)16-15-29(33(7,8)12-2)35(30,10)22-25(4)37/h11-12,21-22,26-27,29,31H,1-3,13-20,23,37H2,4-10H3/b25-22+. The van der Waals surface area contributed by atoms with Crippen molar-refractivity contribution in [2.75, 3.05) is 0 Å². The summed E-state index contributed by atoms with van der Waals surface area (Å²) in [6, 6.07) is 0. The summed E-state index contributed by atoms with van der Waals surface area (Å²) < 4.78 is 0. The first-order chi connectivity index (χ1) is 17.6. The molecular weight excluding hydrogens is 462 g/mol. The van der Waals surface area contributed by atoms with E-state index in [9.17, 15) is 4.79 Å². The summed E-state index contributed by atoms with van der Waals surface area (Å²) in [5.74, 6) is 1.73. The predicted octanol–water partition coefficient (Wildman–Crippen LogP) is 9.35. The van der Waals surface area contributed by atoms with Crippen LogP contribution in [0.2, 0.25) is 0 Å². The summed E-state index contributed by atoms with van der Waals surface area (Å²) in [5, 5.41) is 0. The van der Waals surface area contributed by atoms with Crippen molar-refractivity contribution in [1.82, 2.24) is 0 Å². The highest BCUT2D eigenvalue weighted by Gasteiger charge is 2.63. The molecule has 2 N–H and O–H groups in total. The highest BCUT2D eigenvalue weighted by molar-refractivity contribution is 5.95. The second-order valence-corrected chi connectivity index (χ2v) is 15.5. The lowest BCUT2D eigenvalue weighted by atomic mass is 9.39. The van der Waals surface area contributed by atoms with E-state index in [4.69, 9.17) is 5.73 Å². The first-order valence-electron chi connectivity index (χ1n) is 15.2. The third-order valence-corrected chi connectivity index (χ3v) is 12.2. The Hall–Kier alpha value is -1.83. The highest BCUT2D eigenvalue weighted by Crippen LogP contribution is 2.70. The van der Waals surface area contributed by atoms with Gasteiger partial charge in [0.1, 0.15) is 0 Å². The molecule has 0 amide bonds. The Balaban J connectivity index is 1.82. The van der Waals surface area contributed by atoms with Crippen molar-refractivity contribution in [3.63, 3.8) is 0 Å². The largest absolute Gasteiger partial charge is 0.402 e. The van der Waals surface area contributed by atoms with Gasteiger partial charge in [-0.05, 0) is 110 Å². The number of rotatable bonds is 7. The Morgan fingerprint density at radius 3 is 2.37 bits per heavy atom. The van der Waals surface area contributed by atoms with Crippen LogP contribution in [0.5, 0.6) is 0 Å². The minimum Gasteiger partial charge on any atom is -0.402 e. The van der Waals surface area contributed by atoms with Crippen LogP contribution in [0.4, 0.5) is 0 Å². The number of carbonyl (C=O) groups excluding carboxylic acids is 1. The van der Waals surface area contributed by atoms with Gasteiger partial charge < -0.3 is 5.73 Å². The van der Waals surface area contributed by atoms with Crippen LogP contribution in [0.3, 0.4) is 0 Å². The lowest BCUT2D eigenvalue weighted by Gasteiger charge is -2.65. The average molecular weight is 518 g/mol. The Morgan fingerprint density at radius 1 is 1.08 bits per heavy atom. The Morgan fingerprint density at radius 2 is 1.76 bits per heavy atom. The molecule has 3 fully saturated rings. The van der Waals surface area contributed by atoms with Crippen LogP contribution in [0.1, 0.15) is 106 Å². The molecule has 0 aromatic carbocycles. The van der Waals surface area contributed by atoms with Gasteiger partial charge in [-0.1, -0.05) is 84.1 Å². The van der Waals surface area contributed by atoms with Crippen LogP contribution in [0, 0.1) is 50.7 Å². The van der Waals surface area contributed by atoms with E-state index < -0.39 is 0 Å². The molecule has 38 heavy (non-hydrogen) atoms. The average Bonchev–Trinajstić information content (AvgIpc) is 2.83. The van der Waals surface area contributed by atoms with Gasteiger partial charge in [-0.25, -0.2) is 0 Å². The van der Waals surface area contributed by atoms with Gasteiger partial charge in [-0.2, -0.15) is 0 Å². The molecular formula is C36H55NO. The van der Waals surface area contributed by atoms with E-state index in [0.29, 0.717) is 23.5 Å². The van der Waals surface area contributed by atoms with E-state index in [1.54, 1.807) is 0 Å². The first-order valence-corrected chi connectivity index (χ1v) is 15.2. The Labute approximate surface area is 234 Å². The van der Waals surface area contributed by atoms with E-state index in [2.05, 4.69) is 79.5 Å².